The number of aryl methyl sites for hydroxylation is 1. The average molecular weight is 329 g/mol. The number of aromatic nitrogens is 2. The Morgan fingerprint density at radius 1 is 1.33 bits per heavy atom. The molecule has 0 saturated carbocycles. The highest BCUT2D eigenvalue weighted by molar-refractivity contribution is 5.33. The number of ether oxygens (including phenoxy) is 2. The van der Waals surface area contributed by atoms with E-state index in [2.05, 4.69) is 35.7 Å². The van der Waals surface area contributed by atoms with Crippen molar-refractivity contribution < 1.29 is 9.47 Å². The van der Waals surface area contributed by atoms with Gasteiger partial charge in [0.1, 0.15) is 5.75 Å². The van der Waals surface area contributed by atoms with Crippen molar-refractivity contribution in [2.24, 2.45) is 5.92 Å². The third-order valence-corrected chi connectivity index (χ3v) is 4.51. The highest BCUT2D eigenvalue weighted by atomic mass is 16.5. The maximum absolute atomic E-state index is 5.96. The van der Waals surface area contributed by atoms with E-state index in [1.165, 1.54) is 11.1 Å². The van der Waals surface area contributed by atoms with Gasteiger partial charge in [0.05, 0.1) is 18.9 Å². The number of nitrogens with zero attached hydrogens (tertiary/aromatic N) is 2. The van der Waals surface area contributed by atoms with Gasteiger partial charge >= 0.3 is 0 Å². The molecule has 0 bridgehead atoms. The molecule has 0 unspecified atom stereocenters. The van der Waals surface area contributed by atoms with Crippen molar-refractivity contribution in [2.45, 2.75) is 39.5 Å². The third-order valence-electron chi connectivity index (χ3n) is 4.51. The van der Waals surface area contributed by atoms with Crippen molar-refractivity contribution in [3.05, 3.63) is 47.8 Å². The van der Waals surface area contributed by atoms with Crippen LogP contribution in [0.1, 0.15) is 37.5 Å². The van der Waals surface area contributed by atoms with Gasteiger partial charge in [0.25, 0.3) is 0 Å². The highest BCUT2D eigenvalue weighted by Gasteiger charge is 2.30. The van der Waals surface area contributed by atoms with E-state index in [1.54, 1.807) is 0 Å². The van der Waals surface area contributed by atoms with Crippen LogP contribution < -0.4 is 10.1 Å². The van der Waals surface area contributed by atoms with E-state index in [1.807, 2.05) is 29.9 Å². The summed E-state index contributed by atoms with van der Waals surface area (Å²) >= 11 is 0. The first-order valence-corrected chi connectivity index (χ1v) is 8.87. The molecule has 0 radical (unpaired) electrons. The summed E-state index contributed by atoms with van der Waals surface area (Å²) in [6.07, 6.45) is 5.28. The Balaban J connectivity index is 1.56. The molecule has 1 aromatic carbocycles. The predicted molar refractivity (Wildman–Crippen MR) is 94.0 cm³/mol. The molecule has 1 aliphatic rings. The van der Waals surface area contributed by atoms with E-state index in [-0.39, 0.29) is 6.10 Å². The van der Waals surface area contributed by atoms with Crippen molar-refractivity contribution >= 4 is 0 Å². The first-order chi connectivity index (χ1) is 11.8. The molecular weight excluding hydrogens is 302 g/mol. The van der Waals surface area contributed by atoms with E-state index >= 15 is 0 Å². The molecule has 2 aromatic rings. The molecule has 24 heavy (non-hydrogen) atoms. The smallest absolute Gasteiger partial charge is 0.123 e. The molecule has 0 aliphatic carbocycles. The molecule has 2 atom stereocenters. The van der Waals surface area contributed by atoms with Gasteiger partial charge in [0, 0.05) is 49.5 Å². The second-order valence-electron chi connectivity index (χ2n) is 6.14. The molecular formula is C19H27N3O2. The van der Waals surface area contributed by atoms with Gasteiger partial charge in [-0.1, -0.05) is 18.2 Å². The van der Waals surface area contributed by atoms with Crippen molar-refractivity contribution in [1.29, 1.82) is 0 Å². The second kappa shape index (κ2) is 8.31. The van der Waals surface area contributed by atoms with Crippen LogP contribution in [0, 0.1) is 5.92 Å². The minimum atomic E-state index is 0.153. The number of para-hydroxylation sites is 1. The summed E-state index contributed by atoms with van der Waals surface area (Å²) in [5.41, 5.74) is 2.39. The van der Waals surface area contributed by atoms with Crippen LogP contribution in [0.25, 0.3) is 0 Å². The lowest BCUT2D eigenvalue weighted by Crippen LogP contribution is -2.24. The monoisotopic (exact) mass is 329 g/mol. The van der Waals surface area contributed by atoms with Crippen LogP contribution in [0.5, 0.6) is 5.75 Å². The van der Waals surface area contributed by atoms with Crippen LogP contribution >= 0.6 is 0 Å². The number of benzene rings is 1. The normalized spacial score (nSPS) is 20.4. The summed E-state index contributed by atoms with van der Waals surface area (Å²) < 4.78 is 13.6. The maximum Gasteiger partial charge on any atom is 0.123 e. The third kappa shape index (κ3) is 3.97. The standard InChI is InChI=1S/C19H27N3O2/c1-3-22-14-17(13-21-22)19-16(9-10-24-19)12-20-11-15-7-5-6-8-18(15)23-4-2/h5-8,13-14,16,19-20H,3-4,9-12H2,1-2H3/t16-,19-/m1/s1. The highest BCUT2D eigenvalue weighted by Crippen LogP contribution is 2.34. The predicted octanol–water partition coefficient (Wildman–Crippen LogP) is 3.17. The Hall–Kier alpha value is -1.85. The number of nitrogens with one attached hydrogen (secondary N) is 1. The fourth-order valence-electron chi connectivity index (χ4n) is 3.25. The summed E-state index contributed by atoms with van der Waals surface area (Å²) in [6, 6.07) is 8.22. The molecule has 5 nitrogen and oxygen atoms in total. The molecule has 1 aliphatic heterocycles. The molecule has 0 spiro atoms. The van der Waals surface area contributed by atoms with Crippen molar-refractivity contribution in [3.63, 3.8) is 0 Å². The fourth-order valence-corrected chi connectivity index (χ4v) is 3.25. The Morgan fingerprint density at radius 2 is 2.21 bits per heavy atom. The van der Waals surface area contributed by atoms with E-state index in [4.69, 9.17) is 9.47 Å². The topological polar surface area (TPSA) is 48.3 Å². The zero-order chi connectivity index (χ0) is 16.8. The van der Waals surface area contributed by atoms with Gasteiger partial charge < -0.3 is 14.8 Å². The SMILES string of the molecule is CCOc1ccccc1CNC[C@H]1CCO[C@H]1c1cnn(CC)c1. The lowest BCUT2D eigenvalue weighted by atomic mass is 9.97. The summed E-state index contributed by atoms with van der Waals surface area (Å²) in [4.78, 5) is 0. The Kier molecular flexibility index (Phi) is 5.88. The largest absolute Gasteiger partial charge is 0.494 e. The minimum Gasteiger partial charge on any atom is -0.494 e. The molecule has 2 heterocycles. The molecule has 1 saturated heterocycles. The van der Waals surface area contributed by atoms with Gasteiger partial charge in [-0.2, -0.15) is 5.10 Å². The van der Waals surface area contributed by atoms with Crippen LogP contribution in [0.15, 0.2) is 36.7 Å². The van der Waals surface area contributed by atoms with Gasteiger partial charge in [0.2, 0.25) is 0 Å². The van der Waals surface area contributed by atoms with Gasteiger partial charge in [-0.3, -0.25) is 4.68 Å². The first-order valence-electron chi connectivity index (χ1n) is 8.87. The first kappa shape index (κ1) is 17.0. The van der Waals surface area contributed by atoms with Gasteiger partial charge in [-0.05, 0) is 26.3 Å². The molecule has 1 aromatic heterocycles. The molecule has 1 N–H and O–H groups in total. The molecule has 0 amide bonds. The Morgan fingerprint density at radius 3 is 3.00 bits per heavy atom. The van der Waals surface area contributed by atoms with Crippen LogP contribution in [0.3, 0.4) is 0 Å². The number of hydrogen-bond acceptors (Lipinski definition) is 4. The van der Waals surface area contributed by atoms with Gasteiger partial charge in [0.15, 0.2) is 0 Å². The summed E-state index contributed by atoms with van der Waals surface area (Å²) in [5, 5.41) is 7.95. The molecule has 3 rings (SSSR count). The fraction of sp³-hybridized carbons (Fsp3) is 0.526. The zero-order valence-electron chi connectivity index (χ0n) is 14.6. The lowest BCUT2D eigenvalue weighted by molar-refractivity contribution is 0.0903. The number of rotatable bonds is 8. The van der Waals surface area contributed by atoms with Crippen LogP contribution in [-0.4, -0.2) is 29.5 Å². The summed E-state index contributed by atoms with van der Waals surface area (Å²) in [6.45, 7) is 8.27. The van der Waals surface area contributed by atoms with Crippen molar-refractivity contribution in [1.82, 2.24) is 15.1 Å². The van der Waals surface area contributed by atoms with Gasteiger partial charge in [-0.25, -0.2) is 0 Å². The van der Waals surface area contributed by atoms with Gasteiger partial charge in [-0.15, -0.1) is 0 Å². The van der Waals surface area contributed by atoms with Crippen LogP contribution in [-0.2, 0) is 17.8 Å². The molecule has 130 valence electrons. The number of hydrogen-bond donors (Lipinski definition) is 1. The van der Waals surface area contributed by atoms with Crippen LogP contribution in [0.2, 0.25) is 0 Å². The van der Waals surface area contributed by atoms with E-state index in [0.717, 1.165) is 38.4 Å². The summed E-state index contributed by atoms with van der Waals surface area (Å²) in [5.74, 6) is 1.45. The van der Waals surface area contributed by atoms with Crippen molar-refractivity contribution in [2.75, 3.05) is 19.8 Å². The quantitative estimate of drug-likeness (QED) is 0.808. The van der Waals surface area contributed by atoms with E-state index in [0.29, 0.717) is 12.5 Å². The second-order valence-corrected chi connectivity index (χ2v) is 6.14. The lowest BCUT2D eigenvalue weighted by Gasteiger charge is -2.18. The molecule has 5 heteroatoms. The Labute approximate surface area is 144 Å². The maximum atomic E-state index is 5.96. The molecule has 1 fully saturated rings. The average Bonchev–Trinajstić information content (AvgIpc) is 3.25. The Bertz CT molecular complexity index is 641. The minimum absolute atomic E-state index is 0.153. The zero-order valence-corrected chi connectivity index (χ0v) is 14.6. The van der Waals surface area contributed by atoms with Crippen LogP contribution in [0.4, 0.5) is 0 Å². The van der Waals surface area contributed by atoms with Crippen molar-refractivity contribution in [3.8, 4) is 5.75 Å². The summed E-state index contributed by atoms with van der Waals surface area (Å²) in [7, 11) is 0. The van der Waals surface area contributed by atoms with E-state index < -0.39 is 0 Å². The van der Waals surface area contributed by atoms with E-state index in [9.17, 15) is 0 Å².